The molecule has 40 heavy (non-hydrogen) atoms. The minimum Gasteiger partial charge on any atom is -0.325 e. The van der Waals surface area contributed by atoms with Crippen LogP contribution in [0.3, 0.4) is 0 Å². The Balaban J connectivity index is 1.40. The lowest BCUT2D eigenvalue weighted by Gasteiger charge is -2.30. The van der Waals surface area contributed by atoms with E-state index in [9.17, 15) is 28.0 Å². The number of aromatic nitrogens is 1. The van der Waals surface area contributed by atoms with E-state index in [1.165, 1.54) is 53.1 Å². The number of carbonyl (C=O) groups excluding carboxylic acids is 3. The zero-order valence-corrected chi connectivity index (χ0v) is 22.7. The molecule has 6 rings (SSSR count). The lowest BCUT2D eigenvalue weighted by Crippen LogP contribution is -2.33. The van der Waals surface area contributed by atoms with Gasteiger partial charge in [-0.05, 0) is 66.2 Å². The molecule has 0 aliphatic carbocycles. The Hall–Kier alpha value is -3.80. The average molecular weight is 598 g/mol. The van der Waals surface area contributed by atoms with Crippen molar-refractivity contribution in [3.05, 3.63) is 110 Å². The van der Waals surface area contributed by atoms with Gasteiger partial charge in [-0.1, -0.05) is 46.8 Å². The van der Waals surface area contributed by atoms with Crippen LogP contribution in [-0.4, -0.2) is 27.5 Å². The number of hydrogen-bond donors (Lipinski definition) is 1. The molecule has 0 saturated carbocycles. The highest BCUT2D eigenvalue weighted by Gasteiger charge is 2.56. The molecule has 0 bridgehead atoms. The minimum absolute atomic E-state index is 0.356. The van der Waals surface area contributed by atoms with Crippen LogP contribution in [0, 0.1) is 17.6 Å². The normalized spacial score (nSPS) is 19.9. The number of carbonyl (C=O) groups is 3. The van der Waals surface area contributed by atoms with Gasteiger partial charge in [0.15, 0.2) is 0 Å². The molecule has 3 atom stereocenters. The molecule has 2 aliphatic heterocycles. The fourth-order valence-electron chi connectivity index (χ4n) is 5.01. The highest BCUT2D eigenvalue weighted by atomic mass is 35.5. The zero-order valence-electron chi connectivity index (χ0n) is 20.3. The zero-order chi connectivity index (χ0) is 28.1. The molecule has 1 aromatic heterocycles. The predicted molar refractivity (Wildman–Crippen MR) is 149 cm³/mol. The topological polar surface area (TPSA) is 88.5 Å². The Morgan fingerprint density at radius 1 is 0.875 bits per heavy atom. The van der Waals surface area contributed by atoms with E-state index in [2.05, 4.69) is 5.32 Å². The number of imide groups is 1. The molecule has 3 heterocycles. The molecule has 0 unspecified atom stereocenters. The van der Waals surface area contributed by atoms with Crippen LogP contribution in [0.2, 0.25) is 5.02 Å². The number of halogens is 3. The molecule has 2 aliphatic rings. The second-order valence-corrected chi connectivity index (χ2v) is 11.8. The second-order valence-electron chi connectivity index (χ2n) is 9.26. The van der Waals surface area contributed by atoms with E-state index >= 15 is 0 Å². The number of hydrogen-bond acceptors (Lipinski definition) is 6. The fraction of sp³-hybridized carbons (Fsp3) is 0.143. The highest BCUT2D eigenvalue weighted by Crippen LogP contribution is 2.53. The van der Waals surface area contributed by atoms with Crippen molar-refractivity contribution in [1.29, 1.82) is 0 Å². The third-order valence-electron chi connectivity index (χ3n) is 6.79. The maximum absolute atomic E-state index is 13.8. The largest absolute Gasteiger partial charge is 0.325 e. The van der Waals surface area contributed by atoms with Crippen LogP contribution in [0.5, 0.6) is 0 Å². The van der Waals surface area contributed by atoms with Crippen LogP contribution in [0.1, 0.15) is 16.4 Å². The summed E-state index contributed by atoms with van der Waals surface area (Å²) in [5.41, 5.74) is 1.29. The summed E-state index contributed by atoms with van der Waals surface area (Å²) in [6, 6.07) is 17.1. The summed E-state index contributed by atoms with van der Waals surface area (Å²) in [5.74, 6) is -3.91. The van der Waals surface area contributed by atoms with Crippen LogP contribution in [-0.2, 0) is 20.9 Å². The number of nitrogens with zero attached hydrogens (tertiary/aromatic N) is 2. The van der Waals surface area contributed by atoms with Gasteiger partial charge in [0.05, 0.1) is 16.6 Å². The number of anilines is 2. The van der Waals surface area contributed by atoms with Crippen molar-refractivity contribution >= 4 is 63.8 Å². The number of benzene rings is 3. The van der Waals surface area contributed by atoms with E-state index in [4.69, 9.17) is 11.6 Å². The van der Waals surface area contributed by atoms with Crippen molar-refractivity contribution in [2.24, 2.45) is 5.92 Å². The van der Waals surface area contributed by atoms with Crippen LogP contribution in [0.25, 0.3) is 0 Å². The highest BCUT2D eigenvalue weighted by molar-refractivity contribution is 8.00. The van der Waals surface area contributed by atoms with Gasteiger partial charge in [-0.25, -0.2) is 13.7 Å². The summed E-state index contributed by atoms with van der Waals surface area (Å²) in [6.45, 7) is -0.356. The van der Waals surface area contributed by atoms with Crippen LogP contribution < -0.4 is 15.1 Å². The minimum atomic E-state index is -0.883. The lowest BCUT2D eigenvalue weighted by atomic mass is 9.83. The van der Waals surface area contributed by atoms with Gasteiger partial charge in [-0.3, -0.25) is 23.7 Å². The van der Waals surface area contributed by atoms with Gasteiger partial charge in [0.2, 0.25) is 17.7 Å². The lowest BCUT2D eigenvalue weighted by molar-refractivity contribution is -0.122. The molecule has 4 aromatic rings. The Kier molecular flexibility index (Phi) is 6.81. The SMILES string of the molecule is O=C(Cn1c2c(sc1=O)[C@@H](c1ccc(F)cc1)[C@H]1C(=O)N(c3ccc(Cl)cc3)C(=O)[C@H]1S2)Nc1ccc(F)cc1. The van der Waals surface area contributed by atoms with Crippen molar-refractivity contribution in [1.82, 2.24) is 4.57 Å². The molecule has 1 saturated heterocycles. The van der Waals surface area contributed by atoms with E-state index in [1.807, 2.05) is 0 Å². The summed E-state index contributed by atoms with van der Waals surface area (Å²) < 4.78 is 28.3. The summed E-state index contributed by atoms with van der Waals surface area (Å²) >= 11 is 7.96. The standard InChI is InChI=1S/C28H18ClF2N3O4S2/c29-15-3-11-19(12-4-15)34-25(36)22-21(14-1-5-16(30)6-2-14)24-27(39-23(22)26(34)37)33(28(38)40-24)13-20(35)32-18-9-7-17(31)8-10-18/h1-12,21-23H,13H2,(H,32,35)/t21-,22+,23-/m0/s1. The van der Waals surface area contributed by atoms with Crippen molar-refractivity contribution in [3.8, 4) is 0 Å². The first-order valence-corrected chi connectivity index (χ1v) is 14.1. The summed E-state index contributed by atoms with van der Waals surface area (Å²) in [7, 11) is 0. The first-order valence-electron chi connectivity index (χ1n) is 12.1. The molecule has 7 nitrogen and oxygen atoms in total. The first-order chi connectivity index (χ1) is 19.2. The van der Waals surface area contributed by atoms with Crippen LogP contribution >= 0.6 is 34.7 Å². The Bertz CT molecular complexity index is 1710. The number of thioether (sulfide) groups is 1. The van der Waals surface area contributed by atoms with E-state index in [0.29, 0.717) is 31.9 Å². The van der Waals surface area contributed by atoms with Crippen molar-refractivity contribution in [3.63, 3.8) is 0 Å². The molecule has 1 fully saturated rings. The van der Waals surface area contributed by atoms with E-state index in [-0.39, 0.29) is 6.54 Å². The molecule has 1 N–H and O–H groups in total. The van der Waals surface area contributed by atoms with Crippen LogP contribution in [0.4, 0.5) is 20.2 Å². The molecular formula is C28H18ClF2N3O4S2. The third kappa shape index (κ3) is 4.63. The molecule has 3 amide bonds. The maximum Gasteiger partial charge on any atom is 0.308 e. The summed E-state index contributed by atoms with van der Waals surface area (Å²) in [4.78, 5) is 54.7. The van der Waals surface area contributed by atoms with Crippen molar-refractivity contribution in [2.75, 3.05) is 10.2 Å². The van der Waals surface area contributed by atoms with Crippen molar-refractivity contribution < 1.29 is 23.2 Å². The molecular weight excluding hydrogens is 580 g/mol. The predicted octanol–water partition coefficient (Wildman–Crippen LogP) is 5.28. The smallest absolute Gasteiger partial charge is 0.308 e. The third-order valence-corrected chi connectivity index (χ3v) is 9.65. The Morgan fingerprint density at radius 2 is 1.50 bits per heavy atom. The Labute approximate surface area is 239 Å². The molecule has 0 spiro atoms. The number of thiazole rings is 1. The fourth-order valence-corrected chi connectivity index (χ4v) is 7.91. The van der Waals surface area contributed by atoms with Gasteiger partial charge in [0.1, 0.15) is 23.4 Å². The summed E-state index contributed by atoms with van der Waals surface area (Å²) in [5, 5.41) is 2.60. The number of nitrogens with one attached hydrogen (secondary N) is 1. The van der Waals surface area contributed by atoms with Gasteiger partial charge >= 0.3 is 4.87 Å². The summed E-state index contributed by atoms with van der Waals surface area (Å²) in [6.07, 6.45) is 0. The van der Waals surface area contributed by atoms with Gasteiger partial charge < -0.3 is 5.32 Å². The van der Waals surface area contributed by atoms with Gasteiger partial charge in [-0.15, -0.1) is 0 Å². The molecule has 3 aromatic carbocycles. The van der Waals surface area contributed by atoms with Gasteiger partial charge in [-0.2, -0.15) is 0 Å². The maximum atomic E-state index is 13.8. The van der Waals surface area contributed by atoms with E-state index in [1.54, 1.807) is 24.3 Å². The quantitative estimate of drug-likeness (QED) is 0.317. The van der Waals surface area contributed by atoms with E-state index < -0.39 is 51.3 Å². The number of amides is 3. The first kappa shape index (κ1) is 26.4. The number of rotatable bonds is 5. The average Bonchev–Trinajstić information content (AvgIpc) is 3.37. The molecule has 202 valence electrons. The Morgan fingerprint density at radius 3 is 2.15 bits per heavy atom. The monoisotopic (exact) mass is 597 g/mol. The van der Waals surface area contributed by atoms with E-state index in [0.717, 1.165) is 28.0 Å². The van der Waals surface area contributed by atoms with Gasteiger partial charge in [0, 0.05) is 21.5 Å². The molecule has 12 heteroatoms. The number of fused-ring (bicyclic) bond motifs is 2. The van der Waals surface area contributed by atoms with Gasteiger partial charge in [0.25, 0.3) is 0 Å². The van der Waals surface area contributed by atoms with Crippen molar-refractivity contribution in [2.45, 2.75) is 22.7 Å². The second kappa shape index (κ2) is 10.3. The van der Waals surface area contributed by atoms with Crippen LogP contribution in [0.15, 0.2) is 82.6 Å². The molecule has 0 radical (unpaired) electrons.